The lowest BCUT2D eigenvalue weighted by Crippen LogP contribution is -2.28. The summed E-state index contributed by atoms with van der Waals surface area (Å²) in [5.41, 5.74) is 0.738. The van der Waals surface area contributed by atoms with Crippen LogP contribution in [0.1, 0.15) is 10.4 Å². The van der Waals surface area contributed by atoms with Gasteiger partial charge in [-0.25, -0.2) is 0 Å². The Morgan fingerprint density at radius 2 is 2.13 bits per heavy atom. The molecule has 0 saturated heterocycles. The average Bonchev–Trinajstić information content (AvgIpc) is 2.65. The van der Waals surface area contributed by atoms with Crippen LogP contribution in [-0.2, 0) is 0 Å². The van der Waals surface area contributed by atoms with E-state index in [1.54, 1.807) is 11.3 Å². The summed E-state index contributed by atoms with van der Waals surface area (Å²) < 4.78 is 0. The Morgan fingerprint density at radius 1 is 1.40 bits per heavy atom. The SMILES string of the molecule is CN1C=NN(CC(=O)c2ccccc2)C1. The smallest absolute Gasteiger partial charge is 0.183 e. The lowest BCUT2D eigenvalue weighted by molar-refractivity contribution is 0.0926. The van der Waals surface area contributed by atoms with Gasteiger partial charge in [0.15, 0.2) is 5.78 Å². The van der Waals surface area contributed by atoms with Crippen LogP contribution in [0.15, 0.2) is 35.4 Å². The van der Waals surface area contributed by atoms with E-state index in [4.69, 9.17) is 0 Å². The second kappa shape index (κ2) is 4.13. The highest BCUT2D eigenvalue weighted by atomic mass is 16.1. The summed E-state index contributed by atoms with van der Waals surface area (Å²) in [5, 5.41) is 5.84. The van der Waals surface area contributed by atoms with Crippen molar-refractivity contribution in [2.75, 3.05) is 20.3 Å². The lowest BCUT2D eigenvalue weighted by atomic mass is 10.1. The van der Waals surface area contributed by atoms with Gasteiger partial charge >= 0.3 is 0 Å². The van der Waals surface area contributed by atoms with Gasteiger partial charge in [-0.3, -0.25) is 9.80 Å². The molecule has 0 fully saturated rings. The van der Waals surface area contributed by atoms with Gasteiger partial charge in [0.2, 0.25) is 0 Å². The van der Waals surface area contributed by atoms with Gasteiger partial charge in [-0.15, -0.1) is 0 Å². The Morgan fingerprint density at radius 3 is 2.73 bits per heavy atom. The summed E-state index contributed by atoms with van der Waals surface area (Å²) in [6.07, 6.45) is 1.72. The van der Waals surface area contributed by atoms with Crippen LogP contribution in [0.3, 0.4) is 0 Å². The molecule has 1 aliphatic heterocycles. The summed E-state index contributed by atoms with van der Waals surface area (Å²) in [6, 6.07) is 9.29. The first-order valence-corrected chi connectivity index (χ1v) is 4.83. The third-order valence-corrected chi connectivity index (χ3v) is 2.22. The lowest BCUT2D eigenvalue weighted by Gasteiger charge is -2.14. The number of carbonyl (C=O) groups is 1. The van der Waals surface area contributed by atoms with Crippen LogP contribution < -0.4 is 0 Å². The Labute approximate surface area is 88.8 Å². The van der Waals surface area contributed by atoms with Gasteiger partial charge in [-0.1, -0.05) is 30.3 Å². The molecule has 78 valence electrons. The number of benzene rings is 1. The van der Waals surface area contributed by atoms with E-state index >= 15 is 0 Å². The number of ketones is 1. The quantitative estimate of drug-likeness (QED) is 0.688. The fourth-order valence-electron chi connectivity index (χ4n) is 1.46. The predicted molar refractivity (Wildman–Crippen MR) is 58.6 cm³/mol. The van der Waals surface area contributed by atoms with Crippen LogP contribution in [0.25, 0.3) is 0 Å². The minimum atomic E-state index is 0.100. The Bertz CT molecular complexity index is 375. The van der Waals surface area contributed by atoms with Crippen LogP contribution in [0.5, 0.6) is 0 Å². The van der Waals surface area contributed by atoms with Crippen LogP contribution in [-0.4, -0.2) is 42.3 Å². The van der Waals surface area contributed by atoms with Gasteiger partial charge in [-0.05, 0) is 0 Å². The van der Waals surface area contributed by atoms with E-state index < -0.39 is 0 Å². The first kappa shape index (κ1) is 9.71. The van der Waals surface area contributed by atoms with Gasteiger partial charge in [0.05, 0.1) is 0 Å². The second-order valence-corrected chi connectivity index (χ2v) is 3.58. The van der Waals surface area contributed by atoms with Crippen LogP contribution in [0, 0.1) is 0 Å². The maximum absolute atomic E-state index is 11.8. The maximum atomic E-state index is 11.8. The van der Waals surface area contributed by atoms with Gasteiger partial charge in [0, 0.05) is 12.6 Å². The monoisotopic (exact) mass is 203 g/mol. The summed E-state index contributed by atoms with van der Waals surface area (Å²) >= 11 is 0. The number of nitrogens with zero attached hydrogens (tertiary/aromatic N) is 3. The fourth-order valence-corrected chi connectivity index (χ4v) is 1.46. The molecule has 1 aliphatic rings. The van der Waals surface area contributed by atoms with Crippen molar-refractivity contribution in [2.45, 2.75) is 0 Å². The highest BCUT2D eigenvalue weighted by molar-refractivity contribution is 5.97. The van der Waals surface area contributed by atoms with Crippen molar-refractivity contribution in [3.8, 4) is 0 Å². The summed E-state index contributed by atoms with van der Waals surface area (Å²) in [7, 11) is 1.93. The van der Waals surface area contributed by atoms with Gasteiger partial charge in [0.1, 0.15) is 19.6 Å². The number of Topliss-reactive ketones (excluding diaryl/α,β-unsaturated/α-hetero) is 1. The molecule has 4 nitrogen and oxygen atoms in total. The van der Waals surface area contributed by atoms with Crippen LogP contribution in [0.2, 0.25) is 0 Å². The second-order valence-electron chi connectivity index (χ2n) is 3.58. The molecule has 0 N–H and O–H groups in total. The minimum absolute atomic E-state index is 0.100. The van der Waals surface area contributed by atoms with Crippen molar-refractivity contribution in [3.05, 3.63) is 35.9 Å². The highest BCUT2D eigenvalue weighted by Crippen LogP contribution is 2.04. The zero-order valence-electron chi connectivity index (χ0n) is 8.63. The summed E-state index contributed by atoms with van der Waals surface area (Å²) in [5.74, 6) is 0.100. The summed E-state index contributed by atoms with van der Waals surface area (Å²) in [4.78, 5) is 13.7. The highest BCUT2D eigenvalue weighted by Gasteiger charge is 2.14. The van der Waals surface area contributed by atoms with Gasteiger partial charge in [0.25, 0.3) is 0 Å². The molecule has 0 amide bonds. The van der Waals surface area contributed by atoms with Crippen LogP contribution >= 0.6 is 0 Å². The maximum Gasteiger partial charge on any atom is 0.183 e. The van der Waals surface area contributed by atoms with Crippen molar-refractivity contribution in [3.63, 3.8) is 0 Å². The largest absolute Gasteiger partial charge is 0.345 e. The number of hydrogen-bond donors (Lipinski definition) is 0. The molecule has 1 aromatic carbocycles. The molecule has 0 aliphatic carbocycles. The molecule has 0 radical (unpaired) electrons. The third-order valence-electron chi connectivity index (χ3n) is 2.22. The first-order valence-electron chi connectivity index (χ1n) is 4.83. The van der Waals surface area contributed by atoms with E-state index in [9.17, 15) is 4.79 Å². The molecule has 0 unspecified atom stereocenters. The molecule has 2 rings (SSSR count). The van der Waals surface area contributed by atoms with E-state index in [-0.39, 0.29) is 5.78 Å². The number of rotatable bonds is 3. The van der Waals surface area contributed by atoms with Gasteiger partial charge < -0.3 is 4.90 Å². The molecule has 0 atom stereocenters. The van der Waals surface area contributed by atoms with E-state index in [2.05, 4.69) is 5.10 Å². The molecular weight excluding hydrogens is 190 g/mol. The van der Waals surface area contributed by atoms with E-state index in [1.807, 2.05) is 42.3 Å². The molecule has 0 spiro atoms. The fraction of sp³-hybridized carbons (Fsp3) is 0.273. The van der Waals surface area contributed by atoms with Crippen molar-refractivity contribution >= 4 is 12.1 Å². The molecule has 0 aromatic heterocycles. The number of hydrogen-bond acceptors (Lipinski definition) is 4. The predicted octanol–water partition coefficient (Wildman–Crippen LogP) is 1.02. The van der Waals surface area contributed by atoms with Crippen LogP contribution in [0.4, 0.5) is 0 Å². The Balaban J connectivity index is 1.96. The van der Waals surface area contributed by atoms with Crippen molar-refractivity contribution in [1.82, 2.24) is 9.91 Å². The molecule has 1 heterocycles. The van der Waals surface area contributed by atoms with Crippen molar-refractivity contribution in [2.24, 2.45) is 5.10 Å². The first-order chi connectivity index (χ1) is 7.25. The minimum Gasteiger partial charge on any atom is -0.345 e. The zero-order chi connectivity index (χ0) is 10.7. The molecule has 4 heteroatoms. The Kier molecular flexibility index (Phi) is 2.67. The van der Waals surface area contributed by atoms with Crippen molar-refractivity contribution in [1.29, 1.82) is 0 Å². The standard InChI is InChI=1S/C11H13N3O/c1-13-8-12-14(9-13)7-11(15)10-5-3-2-4-6-10/h2-6,8H,7,9H2,1H3. The normalized spacial score (nSPS) is 14.7. The molecule has 0 saturated carbocycles. The van der Waals surface area contributed by atoms with E-state index in [0.29, 0.717) is 13.2 Å². The Hall–Kier alpha value is -1.84. The number of carbonyl (C=O) groups excluding carboxylic acids is 1. The third kappa shape index (κ3) is 2.34. The molecular formula is C11H13N3O. The van der Waals surface area contributed by atoms with E-state index in [0.717, 1.165) is 5.56 Å². The number of hydrazone groups is 1. The molecule has 15 heavy (non-hydrogen) atoms. The average molecular weight is 203 g/mol. The molecule has 0 bridgehead atoms. The van der Waals surface area contributed by atoms with Crippen molar-refractivity contribution < 1.29 is 4.79 Å². The van der Waals surface area contributed by atoms with E-state index in [1.165, 1.54) is 0 Å². The molecule has 1 aromatic rings. The topological polar surface area (TPSA) is 35.9 Å². The summed E-state index contributed by atoms with van der Waals surface area (Å²) in [6.45, 7) is 1.02. The zero-order valence-corrected chi connectivity index (χ0v) is 8.63. The van der Waals surface area contributed by atoms with Gasteiger partial charge in [-0.2, -0.15) is 5.10 Å².